The van der Waals surface area contributed by atoms with Gasteiger partial charge in [0.2, 0.25) is 0 Å². The van der Waals surface area contributed by atoms with E-state index in [0.717, 1.165) is 42.9 Å². The molecule has 0 bridgehead atoms. The largest absolute Gasteiger partial charge is 0.387 e. The van der Waals surface area contributed by atoms with Gasteiger partial charge in [-0.3, -0.25) is 4.90 Å². The number of rotatable bonds is 3. The van der Waals surface area contributed by atoms with Crippen LogP contribution in [-0.4, -0.2) is 42.9 Å². The molecule has 4 heteroatoms. The van der Waals surface area contributed by atoms with Gasteiger partial charge in [-0.1, -0.05) is 28.1 Å². The van der Waals surface area contributed by atoms with Gasteiger partial charge in [0.25, 0.3) is 0 Å². The van der Waals surface area contributed by atoms with E-state index >= 15 is 0 Å². The van der Waals surface area contributed by atoms with Gasteiger partial charge in [0.15, 0.2) is 0 Å². The van der Waals surface area contributed by atoms with Crippen molar-refractivity contribution in [2.24, 2.45) is 5.41 Å². The number of aliphatic hydroxyl groups excluding tert-OH is 1. The molecule has 1 aromatic rings. The number of β-amino-alcohol motifs (C(OH)–C–C–N with tert-alkyl or cyclic N) is 1. The second kappa shape index (κ2) is 5.52. The Labute approximate surface area is 122 Å². The lowest BCUT2D eigenvalue weighted by molar-refractivity contribution is 0.112. The van der Waals surface area contributed by atoms with Gasteiger partial charge in [0.1, 0.15) is 0 Å². The maximum Gasteiger partial charge on any atom is 0.0917 e. The van der Waals surface area contributed by atoms with Crippen molar-refractivity contribution in [3.63, 3.8) is 0 Å². The Balaban J connectivity index is 1.60. The number of aliphatic hydroxyl groups is 1. The van der Waals surface area contributed by atoms with E-state index in [2.05, 4.69) is 20.8 Å². The zero-order valence-corrected chi connectivity index (χ0v) is 12.6. The zero-order chi connectivity index (χ0) is 13.3. The van der Waals surface area contributed by atoms with E-state index in [1.807, 2.05) is 24.3 Å². The fourth-order valence-electron chi connectivity index (χ4n) is 3.22. The molecule has 3 rings (SSSR count). The third kappa shape index (κ3) is 3.02. The second-order valence-corrected chi connectivity index (χ2v) is 6.77. The van der Waals surface area contributed by atoms with Crippen LogP contribution in [-0.2, 0) is 4.74 Å². The van der Waals surface area contributed by atoms with Crippen molar-refractivity contribution in [3.05, 3.63) is 34.3 Å². The molecule has 2 fully saturated rings. The van der Waals surface area contributed by atoms with Crippen LogP contribution in [0.25, 0.3) is 0 Å². The molecule has 1 spiro atoms. The van der Waals surface area contributed by atoms with Crippen molar-refractivity contribution in [3.8, 4) is 0 Å². The minimum absolute atomic E-state index is 0.372. The van der Waals surface area contributed by atoms with E-state index in [4.69, 9.17) is 4.74 Å². The number of halogens is 1. The summed E-state index contributed by atoms with van der Waals surface area (Å²) in [5.41, 5.74) is 1.36. The summed E-state index contributed by atoms with van der Waals surface area (Å²) in [5.74, 6) is 0. The van der Waals surface area contributed by atoms with Gasteiger partial charge in [-0.15, -0.1) is 0 Å². The van der Waals surface area contributed by atoms with E-state index in [1.165, 1.54) is 12.8 Å². The molecule has 2 atom stereocenters. The molecule has 2 aliphatic rings. The van der Waals surface area contributed by atoms with Gasteiger partial charge in [-0.25, -0.2) is 0 Å². The maximum atomic E-state index is 10.3. The van der Waals surface area contributed by atoms with Gasteiger partial charge >= 0.3 is 0 Å². The van der Waals surface area contributed by atoms with Gasteiger partial charge in [-0.05, 0) is 37.1 Å². The first-order valence-electron chi connectivity index (χ1n) is 6.91. The quantitative estimate of drug-likeness (QED) is 0.927. The Hall–Kier alpha value is -0.420. The molecule has 3 nitrogen and oxygen atoms in total. The van der Waals surface area contributed by atoms with E-state index in [0.29, 0.717) is 5.41 Å². The van der Waals surface area contributed by atoms with E-state index in [9.17, 15) is 5.11 Å². The summed E-state index contributed by atoms with van der Waals surface area (Å²) >= 11 is 3.45. The smallest absolute Gasteiger partial charge is 0.0917 e. The summed E-state index contributed by atoms with van der Waals surface area (Å²) in [7, 11) is 0. The predicted molar refractivity (Wildman–Crippen MR) is 78.0 cm³/mol. The highest BCUT2D eigenvalue weighted by molar-refractivity contribution is 9.10. The summed E-state index contributed by atoms with van der Waals surface area (Å²) < 4.78 is 6.56. The maximum absolute atomic E-state index is 10.3. The van der Waals surface area contributed by atoms with Crippen LogP contribution in [0.1, 0.15) is 24.5 Å². The van der Waals surface area contributed by atoms with Gasteiger partial charge in [0, 0.05) is 29.6 Å². The molecule has 0 saturated carbocycles. The lowest BCUT2D eigenvalue weighted by atomic mass is 9.87. The van der Waals surface area contributed by atoms with Crippen LogP contribution in [0.3, 0.4) is 0 Å². The zero-order valence-electron chi connectivity index (χ0n) is 11.0. The van der Waals surface area contributed by atoms with Crippen LogP contribution in [0.4, 0.5) is 0 Å². The Kier molecular flexibility index (Phi) is 3.94. The highest BCUT2D eigenvalue weighted by Gasteiger charge is 2.41. The van der Waals surface area contributed by atoms with Gasteiger partial charge < -0.3 is 9.84 Å². The van der Waals surface area contributed by atoms with Crippen molar-refractivity contribution >= 4 is 15.9 Å². The molecule has 2 unspecified atom stereocenters. The summed E-state index contributed by atoms with van der Waals surface area (Å²) in [6.07, 6.45) is 1.98. The van der Waals surface area contributed by atoms with Crippen molar-refractivity contribution in [2.45, 2.75) is 18.9 Å². The Bertz CT molecular complexity index is 446. The second-order valence-electron chi connectivity index (χ2n) is 5.86. The summed E-state index contributed by atoms with van der Waals surface area (Å²) in [6, 6.07) is 7.94. The number of ether oxygens (including phenoxy) is 1. The van der Waals surface area contributed by atoms with Crippen LogP contribution in [0.5, 0.6) is 0 Å². The van der Waals surface area contributed by atoms with E-state index in [1.54, 1.807) is 0 Å². The molecule has 1 aromatic carbocycles. The SMILES string of the molecule is OC(CN1CCC2(CCOC2)C1)c1cccc(Br)c1. The molecular formula is C15H20BrNO2. The summed E-state index contributed by atoms with van der Waals surface area (Å²) in [6.45, 7) is 4.67. The normalized spacial score (nSPS) is 29.2. The first-order valence-corrected chi connectivity index (χ1v) is 7.70. The van der Waals surface area contributed by atoms with Crippen molar-refractivity contribution in [2.75, 3.05) is 32.8 Å². The molecule has 2 aliphatic heterocycles. The Morgan fingerprint density at radius 2 is 2.32 bits per heavy atom. The van der Waals surface area contributed by atoms with Crippen LogP contribution in [0.2, 0.25) is 0 Å². The number of nitrogens with zero attached hydrogens (tertiary/aromatic N) is 1. The summed E-state index contributed by atoms with van der Waals surface area (Å²) in [4.78, 5) is 2.38. The number of hydrogen-bond acceptors (Lipinski definition) is 3. The van der Waals surface area contributed by atoms with Gasteiger partial charge in [0.05, 0.1) is 12.7 Å². The molecule has 0 radical (unpaired) electrons. The van der Waals surface area contributed by atoms with Crippen LogP contribution < -0.4 is 0 Å². The minimum atomic E-state index is -0.407. The number of benzene rings is 1. The monoisotopic (exact) mass is 325 g/mol. The molecule has 0 amide bonds. The van der Waals surface area contributed by atoms with Crippen LogP contribution in [0.15, 0.2) is 28.7 Å². The average molecular weight is 326 g/mol. The summed E-state index contributed by atoms with van der Waals surface area (Å²) in [5, 5.41) is 10.3. The molecule has 2 saturated heterocycles. The highest BCUT2D eigenvalue weighted by Crippen LogP contribution is 2.38. The van der Waals surface area contributed by atoms with Crippen LogP contribution >= 0.6 is 15.9 Å². The highest BCUT2D eigenvalue weighted by atomic mass is 79.9. The first-order chi connectivity index (χ1) is 9.17. The fourth-order valence-corrected chi connectivity index (χ4v) is 3.64. The van der Waals surface area contributed by atoms with Crippen molar-refractivity contribution < 1.29 is 9.84 Å². The Morgan fingerprint density at radius 3 is 3.05 bits per heavy atom. The first kappa shape index (κ1) is 13.6. The molecule has 104 valence electrons. The number of hydrogen-bond donors (Lipinski definition) is 1. The van der Waals surface area contributed by atoms with E-state index < -0.39 is 6.10 Å². The lowest BCUT2D eigenvalue weighted by Gasteiger charge is -2.24. The van der Waals surface area contributed by atoms with E-state index in [-0.39, 0.29) is 0 Å². The third-order valence-electron chi connectivity index (χ3n) is 4.37. The average Bonchev–Trinajstić information content (AvgIpc) is 3.00. The third-order valence-corrected chi connectivity index (χ3v) is 4.86. The molecule has 2 heterocycles. The molecule has 1 N–H and O–H groups in total. The lowest BCUT2D eigenvalue weighted by Crippen LogP contribution is -2.30. The van der Waals surface area contributed by atoms with Crippen molar-refractivity contribution in [1.29, 1.82) is 0 Å². The molecular weight excluding hydrogens is 306 g/mol. The predicted octanol–water partition coefficient (Wildman–Crippen LogP) is 2.59. The molecule has 0 aromatic heterocycles. The molecule has 19 heavy (non-hydrogen) atoms. The van der Waals surface area contributed by atoms with Crippen LogP contribution in [0, 0.1) is 5.41 Å². The van der Waals surface area contributed by atoms with Gasteiger partial charge in [-0.2, -0.15) is 0 Å². The minimum Gasteiger partial charge on any atom is -0.387 e. The molecule has 0 aliphatic carbocycles. The Morgan fingerprint density at radius 1 is 1.42 bits per heavy atom. The topological polar surface area (TPSA) is 32.7 Å². The fraction of sp³-hybridized carbons (Fsp3) is 0.600. The van der Waals surface area contributed by atoms with Crippen molar-refractivity contribution in [1.82, 2.24) is 4.90 Å². The standard InChI is InChI=1S/C15H20BrNO2/c16-13-3-1-2-12(8-13)14(18)9-17-6-4-15(10-17)5-7-19-11-15/h1-3,8,14,18H,4-7,9-11H2. The number of likely N-dealkylation sites (tertiary alicyclic amines) is 1.